The highest BCUT2D eigenvalue weighted by Crippen LogP contribution is 2.17. The molecule has 7 heteroatoms. The van der Waals surface area contributed by atoms with Gasteiger partial charge in [-0.15, -0.1) is 0 Å². The van der Waals surface area contributed by atoms with Crippen molar-refractivity contribution in [3.05, 3.63) is 59.6 Å². The Labute approximate surface area is 134 Å². The van der Waals surface area contributed by atoms with Crippen molar-refractivity contribution in [2.45, 2.75) is 0 Å². The van der Waals surface area contributed by atoms with Gasteiger partial charge in [-0.2, -0.15) is 0 Å². The lowest BCUT2D eigenvalue weighted by Gasteiger charge is -2.21. The summed E-state index contributed by atoms with van der Waals surface area (Å²) < 4.78 is 24.8. The molecule has 0 heterocycles. The molecule has 0 aromatic heterocycles. The number of carbonyl (C=O) groups is 1. The maximum atomic E-state index is 12.1. The van der Waals surface area contributed by atoms with E-state index in [4.69, 9.17) is 11.6 Å². The summed E-state index contributed by atoms with van der Waals surface area (Å²) >= 11 is 5.77. The fourth-order valence-corrected chi connectivity index (χ4v) is 2.84. The van der Waals surface area contributed by atoms with Crippen LogP contribution >= 0.6 is 11.6 Å². The Hall–Kier alpha value is -2.05. The lowest BCUT2D eigenvalue weighted by Crippen LogP contribution is -2.37. The minimum atomic E-state index is -3.56. The lowest BCUT2D eigenvalue weighted by atomic mass is 10.3. The van der Waals surface area contributed by atoms with Crippen LogP contribution in [-0.4, -0.2) is 27.1 Å². The molecule has 0 saturated heterocycles. The number of hydrogen-bond acceptors (Lipinski definition) is 3. The molecule has 0 saturated carbocycles. The van der Waals surface area contributed by atoms with Crippen molar-refractivity contribution in [3.63, 3.8) is 0 Å². The Morgan fingerprint density at radius 1 is 1.09 bits per heavy atom. The van der Waals surface area contributed by atoms with Crippen LogP contribution in [-0.2, 0) is 14.8 Å². The van der Waals surface area contributed by atoms with Gasteiger partial charge in [0.15, 0.2) is 0 Å². The monoisotopic (exact) mass is 338 g/mol. The largest absolute Gasteiger partial charge is 0.325 e. The summed E-state index contributed by atoms with van der Waals surface area (Å²) in [7, 11) is -3.56. The second kappa shape index (κ2) is 6.81. The molecular weight excluding hydrogens is 324 g/mol. The van der Waals surface area contributed by atoms with E-state index in [2.05, 4.69) is 5.32 Å². The van der Waals surface area contributed by atoms with E-state index in [0.717, 1.165) is 10.6 Å². The molecule has 0 fully saturated rings. The number of carbonyl (C=O) groups excluding carboxylic acids is 1. The average Bonchev–Trinajstić information content (AvgIpc) is 2.47. The first-order valence-corrected chi connectivity index (χ1v) is 8.67. The molecule has 116 valence electrons. The zero-order valence-corrected chi connectivity index (χ0v) is 13.4. The maximum absolute atomic E-state index is 12.1. The molecule has 0 atom stereocenters. The molecule has 1 amide bonds. The molecule has 0 aliphatic carbocycles. The molecule has 2 aromatic rings. The van der Waals surface area contributed by atoms with Crippen molar-refractivity contribution >= 4 is 38.9 Å². The number of halogens is 1. The number of amides is 1. The highest BCUT2D eigenvalue weighted by molar-refractivity contribution is 7.92. The fraction of sp³-hybridized carbons (Fsp3) is 0.133. The summed E-state index contributed by atoms with van der Waals surface area (Å²) in [5.74, 6) is -0.434. The van der Waals surface area contributed by atoms with Gasteiger partial charge in [-0.25, -0.2) is 8.42 Å². The normalized spacial score (nSPS) is 11.0. The second-order valence-electron chi connectivity index (χ2n) is 4.66. The summed E-state index contributed by atoms with van der Waals surface area (Å²) in [5.41, 5.74) is 0.993. The molecule has 2 aromatic carbocycles. The Kier molecular flexibility index (Phi) is 5.05. The van der Waals surface area contributed by atoms with Crippen molar-refractivity contribution < 1.29 is 13.2 Å². The van der Waals surface area contributed by atoms with Crippen LogP contribution in [0.1, 0.15) is 0 Å². The minimum absolute atomic E-state index is 0.300. The summed E-state index contributed by atoms with van der Waals surface area (Å²) in [4.78, 5) is 12.1. The number of benzene rings is 2. The van der Waals surface area contributed by atoms with Crippen LogP contribution in [0, 0.1) is 0 Å². The van der Waals surface area contributed by atoms with Gasteiger partial charge in [0.05, 0.1) is 11.9 Å². The molecule has 0 aliphatic rings. The van der Waals surface area contributed by atoms with E-state index in [1.165, 1.54) is 0 Å². The number of hydrogen-bond donors (Lipinski definition) is 1. The summed E-state index contributed by atoms with van der Waals surface area (Å²) in [5, 5.41) is 3.19. The molecule has 22 heavy (non-hydrogen) atoms. The predicted octanol–water partition coefficient (Wildman–Crippen LogP) is 2.74. The molecule has 0 unspecified atom stereocenters. The van der Waals surface area contributed by atoms with E-state index in [0.29, 0.717) is 16.4 Å². The van der Waals surface area contributed by atoms with Gasteiger partial charge in [0.25, 0.3) is 0 Å². The van der Waals surface area contributed by atoms with Crippen LogP contribution in [0.4, 0.5) is 11.4 Å². The van der Waals surface area contributed by atoms with Gasteiger partial charge < -0.3 is 5.32 Å². The first kappa shape index (κ1) is 16.3. The van der Waals surface area contributed by atoms with Crippen molar-refractivity contribution in [2.24, 2.45) is 0 Å². The Morgan fingerprint density at radius 2 is 1.68 bits per heavy atom. The molecular formula is C15H15ClN2O3S. The summed E-state index contributed by atoms with van der Waals surface area (Å²) in [6.07, 6.45) is 1.07. The summed E-state index contributed by atoms with van der Waals surface area (Å²) in [6.45, 7) is -0.300. The van der Waals surface area contributed by atoms with E-state index < -0.39 is 15.9 Å². The smallest absolute Gasteiger partial charge is 0.245 e. The van der Waals surface area contributed by atoms with Crippen LogP contribution in [0.15, 0.2) is 54.6 Å². The highest BCUT2D eigenvalue weighted by atomic mass is 35.5. The van der Waals surface area contributed by atoms with Gasteiger partial charge in [-0.3, -0.25) is 9.10 Å². The fourth-order valence-electron chi connectivity index (χ4n) is 1.86. The molecule has 0 bridgehead atoms. The van der Waals surface area contributed by atoms with Crippen LogP contribution in [0.25, 0.3) is 0 Å². The van der Waals surface area contributed by atoms with Gasteiger partial charge in [0, 0.05) is 10.7 Å². The molecule has 2 rings (SSSR count). The van der Waals surface area contributed by atoms with Crippen LogP contribution in [0.3, 0.4) is 0 Å². The van der Waals surface area contributed by atoms with Gasteiger partial charge in [0.2, 0.25) is 15.9 Å². The van der Waals surface area contributed by atoms with E-state index in [1.807, 2.05) is 0 Å². The van der Waals surface area contributed by atoms with Crippen LogP contribution in [0.5, 0.6) is 0 Å². The zero-order chi connectivity index (χ0) is 16.2. The Bertz CT molecular complexity index is 746. The van der Waals surface area contributed by atoms with Gasteiger partial charge in [-0.1, -0.05) is 29.8 Å². The molecule has 0 aliphatic heterocycles. The number of rotatable bonds is 5. The topological polar surface area (TPSA) is 66.5 Å². The number of nitrogens with one attached hydrogen (secondary N) is 1. The van der Waals surface area contributed by atoms with E-state index in [-0.39, 0.29) is 6.54 Å². The third kappa shape index (κ3) is 4.47. The van der Waals surface area contributed by atoms with Crippen molar-refractivity contribution in [2.75, 3.05) is 22.4 Å². The van der Waals surface area contributed by atoms with E-state index in [9.17, 15) is 13.2 Å². The average molecular weight is 339 g/mol. The second-order valence-corrected chi connectivity index (χ2v) is 7.00. The van der Waals surface area contributed by atoms with Gasteiger partial charge >= 0.3 is 0 Å². The summed E-state index contributed by atoms with van der Waals surface area (Å²) in [6, 6.07) is 15.0. The predicted molar refractivity (Wildman–Crippen MR) is 88.7 cm³/mol. The molecule has 5 nitrogen and oxygen atoms in total. The van der Waals surface area contributed by atoms with Crippen molar-refractivity contribution in [3.8, 4) is 0 Å². The highest BCUT2D eigenvalue weighted by Gasteiger charge is 2.20. The first-order chi connectivity index (χ1) is 10.4. The molecule has 0 radical (unpaired) electrons. The Balaban J connectivity index is 2.14. The van der Waals surface area contributed by atoms with E-state index in [1.54, 1.807) is 54.6 Å². The van der Waals surface area contributed by atoms with Crippen molar-refractivity contribution in [1.29, 1.82) is 0 Å². The standard InChI is InChI=1S/C15H15ClN2O3S/c1-22(20,21)18(14-5-3-2-4-6-14)11-15(19)17-13-9-7-12(16)8-10-13/h2-10H,11H2,1H3,(H,17,19). The van der Waals surface area contributed by atoms with E-state index >= 15 is 0 Å². The number of sulfonamides is 1. The Morgan fingerprint density at radius 3 is 2.23 bits per heavy atom. The number of anilines is 2. The third-order valence-electron chi connectivity index (χ3n) is 2.86. The maximum Gasteiger partial charge on any atom is 0.245 e. The SMILES string of the molecule is CS(=O)(=O)N(CC(=O)Nc1ccc(Cl)cc1)c1ccccc1. The zero-order valence-electron chi connectivity index (χ0n) is 11.9. The third-order valence-corrected chi connectivity index (χ3v) is 4.25. The van der Waals surface area contributed by atoms with Crippen LogP contribution < -0.4 is 9.62 Å². The minimum Gasteiger partial charge on any atom is -0.325 e. The molecule has 0 spiro atoms. The number of nitrogens with zero attached hydrogens (tertiary/aromatic N) is 1. The van der Waals surface area contributed by atoms with Crippen molar-refractivity contribution in [1.82, 2.24) is 0 Å². The number of para-hydroxylation sites is 1. The molecule has 1 N–H and O–H groups in total. The lowest BCUT2D eigenvalue weighted by molar-refractivity contribution is -0.114. The van der Waals surface area contributed by atoms with Gasteiger partial charge in [0.1, 0.15) is 6.54 Å². The van der Waals surface area contributed by atoms with Gasteiger partial charge in [-0.05, 0) is 36.4 Å². The van der Waals surface area contributed by atoms with Crippen LogP contribution in [0.2, 0.25) is 5.02 Å². The quantitative estimate of drug-likeness (QED) is 0.911. The first-order valence-electron chi connectivity index (χ1n) is 6.44.